The highest BCUT2D eigenvalue weighted by Crippen LogP contribution is 2.47. The van der Waals surface area contributed by atoms with E-state index in [1.54, 1.807) is 26.0 Å². The van der Waals surface area contributed by atoms with Gasteiger partial charge in [0.1, 0.15) is 0 Å². The SMILES string of the molecule is CC(C)(CO)[C@H](N)c1cccc2c1OC(F)(F)O2.Cl. The van der Waals surface area contributed by atoms with Crippen LogP contribution in [0.2, 0.25) is 0 Å². The molecule has 1 aliphatic heterocycles. The predicted octanol–water partition coefficient (Wildman–Crippen LogP) is 2.45. The van der Waals surface area contributed by atoms with Gasteiger partial charge < -0.3 is 20.3 Å². The normalized spacial score (nSPS) is 17.8. The van der Waals surface area contributed by atoms with Crippen molar-refractivity contribution < 1.29 is 23.4 Å². The number of aliphatic hydroxyl groups excluding tert-OH is 1. The molecule has 19 heavy (non-hydrogen) atoms. The molecule has 1 heterocycles. The first kappa shape index (κ1) is 15.9. The van der Waals surface area contributed by atoms with Crippen molar-refractivity contribution in [3.63, 3.8) is 0 Å². The standard InChI is InChI=1S/C12H15F2NO3.ClH/c1-11(2,6-16)10(15)7-4-3-5-8-9(7)18-12(13,14)17-8;/h3-5,10,16H,6,15H2,1-2H3;1H/t10-;/m1./s1. The maximum absolute atomic E-state index is 13.0. The van der Waals surface area contributed by atoms with Crippen LogP contribution in [0.5, 0.6) is 11.5 Å². The molecule has 7 heteroatoms. The van der Waals surface area contributed by atoms with Crippen molar-refractivity contribution in [2.45, 2.75) is 26.2 Å². The van der Waals surface area contributed by atoms with E-state index in [-0.39, 0.29) is 30.5 Å². The number of hydrogen-bond donors (Lipinski definition) is 2. The fraction of sp³-hybridized carbons (Fsp3) is 0.500. The summed E-state index contributed by atoms with van der Waals surface area (Å²) in [6.45, 7) is 3.31. The first-order chi connectivity index (χ1) is 8.27. The lowest BCUT2D eigenvalue weighted by Gasteiger charge is -2.30. The minimum absolute atomic E-state index is 0. The van der Waals surface area contributed by atoms with Gasteiger partial charge in [-0.05, 0) is 6.07 Å². The number of nitrogens with two attached hydrogens (primary N) is 1. The Morgan fingerprint density at radius 3 is 2.58 bits per heavy atom. The Morgan fingerprint density at radius 2 is 2.00 bits per heavy atom. The van der Waals surface area contributed by atoms with Crippen molar-refractivity contribution in [1.29, 1.82) is 0 Å². The summed E-state index contributed by atoms with van der Waals surface area (Å²) in [7, 11) is 0. The predicted molar refractivity (Wildman–Crippen MR) is 67.7 cm³/mol. The summed E-state index contributed by atoms with van der Waals surface area (Å²) in [5.74, 6) is -0.0989. The van der Waals surface area contributed by atoms with E-state index in [0.29, 0.717) is 5.56 Å². The first-order valence-electron chi connectivity index (χ1n) is 5.52. The minimum Gasteiger partial charge on any atom is -0.396 e. The molecular formula is C12H16ClF2NO3. The van der Waals surface area contributed by atoms with Gasteiger partial charge >= 0.3 is 6.29 Å². The molecule has 0 spiro atoms. The molecule has 0 radical (unpaired) electrons. The molecule has 0 saturated carbocycles. The largest absolute Gasteiger partial charge is 0.586 e. The Labute approximate surface area is 115 Å². The lowest BCUT2D eigenvalue weighted by atomic mass is 9.81. The topological polar surface area (TPSA) is 64.7 Å². The minimum atomic E-state index is -3.67. The van der Waals surface area contributed by atoms with Gasteiger partial charge in [-0.3, -0.25) is 0 Å². The van der Waals surface area contributed by atoms with Crippen LogP contribution in [0.1, 0.15) is 25.5 Å². The van der Waals surface area contributed by atoms with Crippen LogP contribution in [0.4, 0.5) is 8.78 Å². The third-order valence-corrected chi connectivity index (χ3v) is 3.04. The number of aliphatic hydroxyl groups is 1. The Kier molecular flexibility index (Phi) is 4.29. The molecule has 1 aliphatic rings. The van der Waals surface area contributed by atoms with Crippen LogP contribution >= 0.6 is 12.4 Å². The second-order valence-corrected chi connectivity index (χ2v) is 4.97. The molecule has 0 aromatic heterocycles. The second-order valence-electron chi connectivity index (χ2n) is 4.97. The van der Waals surface area contributed by atoms with E-state index in [1.165, 1.54) is 6.07 Å². The summed E-state index contributed by atoms with van der Waals surface area (Å²) in [5, 5.41) is 9.28. The van der Waals surface area contributed by atoms with E-state index in [0.717, 1.165) is 0 Å². The molecule has 0 unspecified atom stereocenters. The van der Waals surface area contributed by atoms with Crippen LogP contribution in [0, 0.1) is 5.41 Å². The monoisotopic (exact) mass is 295 g/mol. The molecule has 0 aliphatic carbocycles. The molecule has 1 atom stereocenters. The zero-order valence-electron chi connectivity index (χ0n) is 10.5. The lowest BCUT2D eigenvalue weighted by Crippen LogP contribution is -2.33. The van der Waals surface area contributed by atoms with Crippen molar-refractivity contribution in [2.24, 2.45) is 11.1 Å². The van der Waals surface area contributed by atoms with E-state index >= 15 is 0 Å². The summed E-state index contributed by atoms with van der Waals surface area (Å²) in [5.41, 5.74) is 5.74. The highest BCUT2D eigenvalue weighted by Gasteiger charge is 2.45. The average molecular weight is 296 g/mol. The summed E-state index contributed by atoms with van der Waals surface area (Å²) < 4.78 is 34.9. The van der Waals surface area contributed by atoms with E-state index in [4.69, 9.17) is 5.73 Å². The molecule has 108 valence electrons. The van der Waals surface area contributed by atoms with E-state index in [1.807, 2.05) is 0 Å². The summed E-state index contributed by atoms with van der Waals surface area (Å²) >= 11 is 0. The molecule has 0 saturated heterocycles. The fourth-order valence-electron chi connectivity index (χ4n) is 1.75. The fourth-order valence-corrected chi connectivity index (χ4v) is 1.75. The molecule has 4 nitrogen and oxygen atoms in total. The molecule has 0 fully saturated rings. The van der Waals surface area contributed by atoms with Gasteiger partial charge in [-0.25, -0.2) is 0 Å². The van der Waals surface area contributed by atoms with Crippen LogP contribution in [0.25, 0.3) is 0 Å². The Balaban J connectivity index is 0.00000180. The van der Waals surface area contributed by atoms with Crippen molar-refractivity contribution in [3.05, 3.63) is 23.8 Å². The third kappa shape index (κ3) is 2.91. The van der Waals surface area contributed by atoms with Gasteiger partial charge in [0.25, 0.3) is 0 Å². The molecule has 3 N–H and O–H groups in total. The van der Waals surface area contributed by atoms with Crippen LogP contribution in [0.15, 0.2) is 18.2 Å². The highest BCUT2D eigenvalue weighted by atomic mass is 35.5. The van der Waals surface area contributed by atoms with Gasteiger partial charge in [0.2, 0.25) is 0 Å². The molecule has 0 bridgehead atoms. The average Bonchev–Trinajstić information content (AvgIpc) is 2.61. The molecule has 1 aromatic carbocycles. The number of fused-ring (bicyclic) bond motifs is 1. The van der Waals surface area contributed by atoms with E-state index in [9.17, 15) is 13.9 Å². The number of ether oxygens (including phenoxy) is 2. The third-order valence-electron chi connectivity index (χ3n) is 3.04. The highest BCUT2D eigenvalue weighted by molar-refractivity contribution is 5.85. The van der Waals surface area contributed by atoms with Crippen LogP contribution < -0.4 is 15.2 Å². The summed E-state index contributed by atoms with van der Waals surface area (Å²) in [6, 6.07) is 3.89. The van der Waals surface area contributed by atoms with Crippen LogP contribution in [-0.2, 0) is 0 Å². The van der Waals surface area contributed by atoms with Gasteiger partial charge in [-0.2, -0.15) is 0 Å². The maximum atomic E-state index is 13.0. The van der Waals surface area contributed by atoms with Crippen molar-refractivity contribution in [1.82, 2.24) is 0 Å². The van der Waals surface area contributed by atoms with Gasteiger partial charge in [-0.15, -0.1) is 21.2 Å². The van der Waals surface area contributed by atoms with E-state index in [2.05, 4.69) is 9.47 Å². The Morgan fingerprint density at radius 1 is 1.37 bits per heavy atom. The van der Waals surface area contributed by atoms with Gasteiger partial charge in [-0.1, -0.05) is 26.0 Å². The summed E-state index contributed by atoms with van der Waals surface area (Å²) in [6.07, 6.45) is -3.67. The number of hydrogen-bond acceptors (Lipinski definition) is 4. The number of benzene rings is 1. The van der Waals surface area contributed by atoms with Gasteiger partial charge in [0, 0.05) is 23.6 Å². The Bertz CT molecular complexity index is 468. The maximum Gasteiger partial charge on any atom is 0.586 e. The number of para-hydroxylation sites is 1. The van der Waals surface area contributed by atoms with Crippen molar-refractivity contribution in [2.75, 3.05) is 6.61 Å². The second kappa shape index (κ2) is 5.11. The van der Waals surface area contributed by atoms with Crippen LogP contribution in [0.3, 0.4) is 0 Å². The van der Waals surface area contributed by atoms with Crippen LogP contribution in [-0.4, -0.2) is 18.0 Å². The lowest BCUT2D eigenvalue weighted by molar-refractivity contribution is -0.287. The zero-order chi connectivity index (χ0) is 13.6. The smallest absolute Gasteiger partial charge is 0.396 e. The van der Waals surface area contributed by atoms with Gasteiger partial charge in [0.15, 0.2) is 11.5 Å². The van der Waals surface area contributed by atoms with E-state index < -0.39 is 17.8 Å². The number of halogens is 3. The quantitative estimate of drug-likeness (QED) is 0.899. The molecule has 0 amide bonds. The Hall–Kier alpha value is -1.11. The summed E-state index contributed by atoms with van der Waals surface area (Å²) in [4.78, 5) is 0. The molecule has 1 aromatic rings. The van der Waals surface area contributed by atoms with Crippen molar-refractivity contribution in [3.8, 4) is 11.5 Å². The first-order valence-corrected chi connectivity index (χ1v) is 5.52. The molecular weight excluding hydrogens is 280 g/mol. The van der Waals surface area contributed by atoms with Crippen molar-refractivity contribution >= 4 is 12.4 Å². The zero-order valence-corrected chi connectivity index (χ0v) is 11.3. The number of rotatable bonds is 3. The number of alkyl halides is 2. The van der Waals surface area contributed by atoms with Gasteiger partial charge in [0.05, 0.1) is 0 Å². The molecule has 2 rings (SSSR count).